The maximum atomic E-state index is 13.7. The molecule has 0 unspecified atom stereocenters. The maximum Gasteiger partial charge on any atom is 0.254 e. The molecule has 168 valence electrons. The molecular weight excluding hydrogens is 418 g/mol. The van der Waals surface area contributed by atoms with E-state index in [0.717, 1.165) is 39.3 Å². The van der Waals surface area contributed by atoms with Crippen molar-refractivity contribution in [2.75, 3.05) is 26.0 Å². The SMILES string of the molecule is COCCN(Cc1cn2ccccc2n1)C(=O)c1cc2c(cc1C)nc(N)c1cnc(C)n12. The van der Waals surface area contributed by atoms with Gasteiger partial charge in [-0.05, 0) is 43.7 Å². The first-order valence-corrected chi connectivity index (χ1v) is 10.7. The minimum atomic E-state index is -0.0914. The van der Waals surface area contributed by atoms with Crippen molar-refractivity contribution in [1.82, 2.24) is 28.7 Å². The predicted octanol–water partition coefficient (Wildman–Crippen LogP) is 3.02. The molecular formula is C24H25N7O2. The average molecular weight is 444 g/mol. The molecule has 9 nitrogen and oxygen atoms in total. The number of methoxy groups -OCH3 is 1. The largest absolute Gasteiger partial charge is 0.383 e. The quantitative estimate of drug-likeness (QED) is 0.433. The highest BCUT2D eigenvalue weighted by molar-refractivity contribution is 5.99. The molecule has 0 aliphatic carbocycles. The highest BCUT2D eigenvalue weighted by Gasteiger charge is 2.21. The zero-order chi connectivity index (χ0) is 23.1. The third-order valence-corrected chi connectivity index (χ3v) is 5.85. The van der Waals surface area contributed by atoms with Crippen molar-refractivity contribution in [2.24, 2.45) is 0 Å². The smallest absolute Gasteiger partial charge is 0.254 e. The molecule has 0 saturated carbocycles. The third-order valence-electron chi connectivity index (χ3n) is 5.85. The summed E-state index contributed by atoms with van der Waals surface area (Å²) in [7, 11) is 1.63. The fraction of sp³-hybridized carbons (Fsp3) is 0.250. The fourth-order valence-corrected chi connectivity index (χ4v) is 4.18. The molecule has 1 amide bonds. The number of imidazole rings is 2. The van der Waals surface area contributed by atoms with Gasteiger partial charge in [0.25, 0.3) is 5.91 Å². The van der Waals surface area contributed by atoms with Gasteiger partial charge >= 0.3 is 0 Å². The monoisotopic (exact) mass is 443 g/mol. The van der Waals surface area contributed by atoms with E-state index in [1.165, 1.54) is 0 Å². The third kappa shape index (κ3) is 3.66. The Morgan fingerprint density at radius 3 is 2.82 bits per heavy atom. The molecule has 4 aromatic heterocycles. The average Bonchev–Trinajstić information content (AvgIpc) is 3.39. The standard InChI is InChI=1S/C24H25N7O2/c1-15-10-19-20(31-16(2)26-12-21(31)23(25)28-19)11-18(15)24(32)30(8-9-33-3)14-17-13-29-7-5-4-6-22(29)27-17/h4-7,10-13H,8-9,14H2,1-3H3,(H2,25,28). The van der Waals surface area contributed by atoms with Crippen molar-refractivity contribution in [3.63, 3.8) is 0 Å². The molecule has 2 N–H and O–H groups in total. The molecule has 33 heavy (non-hydrogen) atoms. The molecule has 0 radical (unpaired) electrons. The number of nitrogens with zero attached hydrogens (tertiary/aromatic N) is 6. The Hall–Kier alpha value is -3.98. The van der Waals surface area contributed by atoms with E-state index < -0.39 is 0 Å². The molecule has 0 spiro atoms. The minimum Gasteiger partial charge on any atom is -0.383 e. The molecule has 4 heterocycles. The molecule has 0 atom stereocenters. The van der Waals surface area contributed by atoms with E-state index in [4.69, 9.17) is 10.5 Å². The lowest BCUT2D eigenvalue weighted by atomic mass is 10.1. The van der Waals surface area contributed by atoms with E-state index in [9.17, 15) is 4.79 Å². The Balaban J connectivity index is 1.57. The van der Waals surface area contributed by atoms with E-state index in [0.29, 0.717) is 31.1 Å². The van der Waals surface area contributed by atoms with Crippen molar-refractivity contribution in [3.8, 4) is 0 Å². The van der Waals surface area contributed by atoms with E-state index in [2.05, 4.69) is 15.0 Å². The number of pyridine rings is 1. The fourth-order valence-electron chi connectivity index (χ4n) is 4.18. The normalized spacial score (nSPS) is 11.6. The summed E-state index contributed by atoms with van der Waals surface area (Å²) in [5.41, 5.74) is 11.5. The number of amides is 1. The summed E-state index contributed by atoms with van der Waals surface area (Å²) < 4.78 is 9.16. The van der Waals surface area contributed by atoms with Crippen molar-refractivity contribution in [1.29, 1.82) is 0 Å². The number of hydrogen-bond donors (Lipinski definition) is 1. The second-order valence-corrected chi connectivity index (χ2v) is 8.10. The summed E-state index contributed by atoms with van der Waals surface area (Å²) in [6.45, 7) is 5.06. The van der Waals surface area contributed by atoms with Crippen LogP contribution in [0.1, 0.15) is 27.4 Å². The Bertz CT molecular complexity index is 1470. The van der Waals surface area contributed by atoms with Gasteiger partial charge in [0.1, 0.15) is 22.8 Å². The molecule has 0 fully saturated rings. The summed E-state index contributed by atoms with van der Waals surface area (Å²) in [6.07, 6.45) is 5.59. The molecule has 5 aromatic rings. The summed E-state index contributed by atoms with van der Waals surface area (Å²) in [5.74, 6) is 1.11. The number of rotatable bonds is 6. The van der Waals surface area contributed by atoms with Crippen LogP contribution < -0.4 is 5.73 Å². The number of carbonyl (C=O) groups is 1. The Kier molecular flexibility index (Phi) is 5.18. The van der Waals surface area contributed by atoms with Gasteiger partial charge in [-0.1, -0.05) is 6.07 Å². The second-order valence-electron chi connectivity index (χ2n) is 8.10. The maximum absolute atomic E-state index is 13.7. The highest BCUT2D eigenvalue weighted by atomic mass is 16.5. The molecule has 0 aliphatic heterocycles. The number of ether oxygens (including phenoxy) is 1. The number of fused-ring (bicyclic) bond motifs is 4. The van der Waals surface area contributed by atoms with Gasteiger partial charge in [-0.25, -0.2) is 15.0 Å². The molecule has 9 heteroatoms. The summed E-state index contributed by atoms with van der Waals surface area (Å²) in [6, 6.07) is 9.61. The van der Waals surface area contributed by atoms with Crippen LogP contribution in [0.5, 0.6) is 0 Å². The van der Waals surface area contributed by atoms with Crippen LogP contribution in [0, 0.1) is 13.8 Å². The minimum absolute atomic E-state index is 0.0914. The number of anilines is 1. The van der Waals surface area contributed by atoms with Crippen LogP contribution in [0.3, 0.4) is 0 Å². The highest BCUT2D eigenvalue weighted by Crippen LogP contribution is 2.25. The van der Waals surface area contributed by atoms with Crippen LogP contribution in [0.2, 0.25) is 0 Å². The first-order valence-electron chi connectivity index (χ1n) is 10.7. The zero-order valence-corrected chi connectivity index (χ0v) is 18.8. The summed E-state index contributed by atoms with van der Waals surface area (Å²) in [5, 5.41) is 0. The van der Waals surface area contributed by atoms with Gasteiger partial charge in [0.2, 0.25) is 0 Å². The van der Waals surface area contributed by atoms with Gasteiger partial charge in [-0.15, -0.1) is 0 Å². The Labute approximate surface area is 190 Å². The number of aryl methyl sites for hydroxylation is 2. The van der Waals surface area contributed by atoms with Crippen molar-refractivity contribution < 1.29 is 9.53 Å². The van der Waals surface area contributed by atoms with Crippen molar-refractivity contribution in [3.05, 3.63) is 71.6 Å². The predicted molar refractivity (Wildman–Crippen MR) is 126 cm³/mol. The van der Waals surface area contributed by atoms with Crippen LogP contribution in [0.4, 0.5) is 5.82 Å². The van der Waals surface area contributed by atoms with Crippen LogP contribution >= 0.6 is 0 Å². The van der Waals surface area contributed by atoms with E-state index in [1.807, 2.05) is 65.4 Å². The number of carbonyl (C=O) groups excluding carboxylic acids is 1. The molecule has 0 aliphatic rings. The van der Waals surface area contributed by atoms with Crippen molar-refractivity contribution in [2.45, 2.75) is 20.4 Å². The molecule has 0 saturated heterocycles. The first kappa shape index (κ1) is 20.9. The number of benzene rings is 1. The first-order chi connectivity index (χ1) is 16.0. The Morgan fingerprint density at radius 2 is 2.03 bits per heavy atom. The van der Waals surface area contributed by atoms with Gasteiger partial charge in [-0.2, -0.15) is 0 Å². The van der Waals surface area contributed by atoms with Crippen LogP contribution in [-0.2, 0) is 11.3 Å². The zero-order valence-electron chi connectivity index (χ0n) is 18.8. The van der Waals surface area contributed by atoms with Gasteiger partial charge in [0, 0.05) is 31.6 Å². The van der Waals surface area contributed by atoms with Gasteiger partial charge < -0.3 is 19.8 Å². The lowest BCUT2D eigenvalue weighted by Gasteiger charge is -2.23. The molecule has 5 rings (SSSR count). The number of hydrogen-bond acceptors (Lipinski definition) is 6. The Morgan fingerprint density at radius 1 is 1.18 bits per heavy atom. The molecule has 1 aromatic carbocycles. The van der Waals surface area contributed by atoms with E-state index in [-0.39, 0.29) is 5.91 Å². The number of nitrogen functional groups attached to an aromatic ring is 1. The van der Waals surface area contributed by atoms with Crippen molar-refractivity contribution >= 4 is 33.9 Å². The van der Waals surface area contributed by atoms with Gasteiger partial charge in [0.05, 0.1) is 36.1 Å². The topological polar surface area (TPSA) is 103 Å². The van der Waals surface area contributed by atoms with Crippen LogP contribution in [-0.4, -0.2) is 54.8 Å². The number of aromatic nitrogens is 5. The van der Waals surface area contributed by atoms with E-state index in [1.54, 1.807) is 18.2 Å². The summed E-state index contributed by atoms with van der Waals surface area (Å²) in [4.78, 5) is 29.0. The number of nitrogens with two attached hydrogens (primary N) is 1. The lowest BCUT2D eigenvalue weighted by Crippen LogP contribution is -2.34. The van der Waals surface area contributed by atoms with Gasteiger partial charge in [-0.3, -0.25) is 9.20 Å². The van der Waals surface area contributed by atoms with Crippen LogP contribution in [0.25, 0.3) is 22.2 Å². The van der Waals surface area contributed by atoms with Crippen LogP contribution in [0.15, 0.2) is 48.9 Å². The lowest BCUT2D eigenvalue weighted by molar-refractivity contribution is 0.0677. The second kappa shape index (κ2) is 8.18. The molecule has 0 bridgehead atoms. The summed E-state index contributed by atoms with van der Waals surface area (Å²) >= 11 is 0. The van der Waals surface area contributed by atoms with E-state index >= 15 is 0 Å². The van der Waals surface area contributed by atoms with Gasteiger partial charge in [0.15, 0.2) is 0 Å².